The summed E-state index contributed by atoms with van der Waals surface area (Å²) in [7, 11) is -3.56. The molecule has 0 amide bonds. The summed E-state index contributed by atoms with van der Waals surface area (Å²) in [5.74, 6) is -0.128. The molecule has 0 aliphatic carbocycles. The minimum atomic E-state index is -3.56. The van der Waals surface area contributed by atoms with Crippen LogP contribution in [-0.2, 0) is 15.6 Å². The fraction of sp³-hybridized carbons (Fsp3) is 0.133. The normalized spacial score (nSPS) is 12.6. The Labute approximate surface area is 127 Å². The number of benzene rings is 2. The van der Waals surface area contributed by atoms with Crippen LogP contribution in [-0.4, -0.2) is 8.42 Å². The Morgan fingerprint density at radius 2 is 1.65 bits per heavy atom. The molecule has 0 aliphatic heterocycles. The van der Waals surface area contributed by atoms with Gasteiger partial charge in [0, 0.05) is 10.0 Å². The maximum atomic E-state index is 12.4. The molecule has 1 unspecified atom stereocenters. The van der Waals surface area contributed by atoms with E-state index in [9.17, 15) is 8.42 Å². The molecule has 102 valence electrons. The number of nitrogens with zero attached hydrogens (tertiary/aromatic N) is 1. The second kappa shape index (κ2) is 6.21. The third-order valence-corrected chi connectivity index (χ3v) is 5.15. The van der Waals surface area contributed by atoms with Crippen molar-refractivity contribution in [2.45, 2.75) is 11.1 Å². The largest absolute Gasteiger partial charge is 0.346 e. The lowest BCUT2D eigenvalue weighted by Crippen LogP contribution is -2.12. The molecule has 3 nitrogen and oxygen atoms in total. The third-order valence-electron chi connectivity index (χ3n) is 2.82. The van der Waals surface area contributed by atoms with E-state index >= 15 is 0 Å². The molecule has 1 atom stereocenters. The van der Waals surface area contributed by atoms with Gasteiger partial charge in [0.1, 0.15) is 0 Å². The van der Waals surface area contributed by atoms with Crippen molar-refractivity contribution >= 4 is 25.8 Å². The molecule has 20 heavy (non-hydrogen) atoms. The number of rotatable bonds is 4. The van der Waals surface area contributed by atoms with Gasteiger partial charge in [0.05, 0.1) is 5.75 Å². The van der Waals surface area contributed by atoms with Crippen LogP contribution in [0.4, 0.5) is 0 Å². The summed E-state index contributed by atoms with van der Waals surface area (Å²) in [6, 6.07) is 15.7. The van der Waals surface area contributed by atoms with E-state index in [1.807, 2.05) is 6.07 Å². The molecule has 5 heteroatoms. The van der Waals surface area contributed by atoms with Crippen LogP contribution in [0.25, 0.3) is 4.85 Å². The highest BCUT2D eigenvalue weighted by molar-refractivity contribution is 9.10. The monoisotopic (exact) mass is 349 g/mol. The van der Waals surface area contributed by atoms with E-state index < -0.39 is 15.2 Å². The molecule has 0 radical (unpaired) electrons. The number of hydrogen-bond acceptors (Lipinski definition) is 2. The highest BCUT2D eigenvalue weighted by atomic mass is 79.9. The first-order valence-corrected chi connectivity index (χ1v) is 8.41. The maximum absolute atomic E-state index is 12.4. The summed E-state index contributed by atoms with van der Waals surface area (Å²) in [4.78, 5) is 3.30. The molecule has 2 aromatic carbocycles. The molecule has 0 saturated carbocycles. The van der Waals surface area contributed by atoms with Crippen LogP contribution in [0.2, 0.25) is 0 Å². The Kier molecular flexibility index (Phi) is 4.58. The van der Waals surface area contributed by atoms with Gasteiger partial charge in [0.15, 0.2) is 0 Å². The fourth-order valence-corrected chi connectivity index (χ4v) is 3.69. The Morgan fingerprint density at radius 1 is 1.05 bits per heavy atom. The molecular weight excluding hydrogens is 338 g/mol. The van der Waals surface area contributed by atoms with Gasteiger partial charge in [-0.15, -0.1) is 0 Å². The van der Waals surface area contributed by atoms with E-state index in [4.69, 9.17) is 6.57 Å². The molecule has 2 rings (SSSR count). The van der Waals surface area contributed by atoms with Crippen molar-refractivity contribution in [2.24, 2.45) is 0 Å². The van der Waals surface area contributed by atoms with Gasteiger partial charge in [-0.05, 0) is 29.8 Å². The highest BCUT2D eigenvalue weighted by Crippen LogP contribution is 2.28. The molecule has 0 heterocycles. The average Bonchev–Trinajstić information content (AvgIpc) is 2.42. The van der Waals surface area contributed by atoms with Crippen molar-refractivity contribution < 1.29 is 8.42 Å². The van der Waals surface area contributed by atoms with E-state index in [0.29, 0.717) is 11.1 Å². The van der Waals surface area contributed by atoms with Crippen LogP contribution >= 0.6 is 15.9 Å². The van der Waals surface area contributed by atoms with Crippen LogP contribution in [0.1, 0.15) is 16.5 Å². The summed E-state index contributed by atoms with van der Waals surface area (Å²) in [6.45, 7) is 7.21. The van der Waals surface area contributed by atoms with E-state index in [1.165, 1.54) is 0 Å². The van der Waals surface area contributed by atoms with Gasteiger partial charge in [-0.2, -0.15) is 0 Å². The van der Waals surface area contributed by atoms with Crippen molar-refractivity contribution in [3.8, 4) is 0 Å². The van der Waals surface area contributed by atoms with Crippen LogP contribution in [0, 0.1) is 6.57 Å². The summed E-state index contributed by atoms with van der Waals surface area (Å²) in [5, 5.41) is -1.16. The van der Waals surface area contributed by atoms with Crippen LogP contribution in [0.3, 0.4) is 0 Å². The van der Waals surface area contributed by atoms with Crippen LogP contribution < -0.4 is 0 Å². The molecule has 0 aromatic heterocycles. The predicted molar refractivity (Wildman–Crippen MR) is 82.6 cm³/mol. The van der Waals surface area contributed by atoms with E-state index in [-0.39, 0.29) is 5.75 Å². The quantitative estimate of drug-likeness (QED) is 0.783. The number of hydrogen-bond donors (Lipinski definition) is 0. The first kappa shape index (κ1) is 14.8. The predicted octanol–water partition coefficient (Wildman–Crippen LogP) is 3.98. The molecule has 0 saturated heterocycles. The van der Waals surface area contributed by atoms with Gasteiger partial charge < -0.3 is 0 Å². The van der Waals surface area contributed by atoms with Crippen molar-refractivity contribution in [3.05, 3.63) is 81.6 Å². The Morgan fingerprint density at radius 3 is 2.20 bits per heavy atom. The zero-order valence-corrected chi connectivity index (χ0v) is 12.9. The summed E-state index contributed by atoms with van der Waals surface area (Å²) >= 11 is 3.29. The van der Waals surface area contributed by atoms with Gasteiger partial charge in [-0.1, -0.05) is 46.3 Å². The minimum Gasteiger partial charge on any atom is -0.291 e. The van der Waals surface area contributed by atoms with E-state index in [0.717, 1.165) is 4.47 Å². The topological polar surface area (TPSA) is 38.5 Å². The second-order valence-corrected chi connectivity index (χ2v) is 7.30. The minimum absolute atomic E-state index is 0.128. The standard InChI is InChI=1S/C15H12BrNO2S/c1-17-15(13-7-9-14(16)10-8-13)20(18,19)11-12-5-3-2-4-6-12/h2-10,15H,11H2. The zero-order valence-electron chi connectivity index (χ0n) is 10.5. The molecule has 2 aromatic rings. The van der Waals surface area contributed by atoms with Gasteiger partial charge in [-0.25, -0.2) is 15.0 Å². The van der Waals surface area contributed by atoms with Gasteiger partial charge >= 0.3 is 5.37 Å². The first-order chi connectivity index (χ1) is 9.53. The number of halogens is 1. The number of sulfone groups is 1. The average molecular weight is 350 g/mol. The smallest absolute Gasteiger partial charge is 0.291 e. The van der Waals surface area contributed by atoms with E-state index in [2.05, 4.69) is 20.8 Å². The van der Waals surface area contributed by atoms with Gasteiger partial charge in [-0.3, -0.25) is 4.85 Å². The summed E-state index contributed by atoms with van der Waals surface area (Å²) in [6.07, 6.45) is 0. The van der Waals surface area contributed by atoms with Crippen LogP contribution in [0.5, 0.6) is 0 Å². The zero-order chi connectivity index (χ0) is 14.6. The third kappa shape index (κ3) is 3.47. The molecule has 0 fully saturated rings. The molecule has 0 aliphatic rings. The van der Waals surface area contributed by atoms with Gasteiger partial charge in [0.25, 0.3) is 0 Å². The van der Waals surface area contributed by atoms with Crippen molar-refractivity contribution in [2.75, 3.05) is 0 Å². The van der Waals surface area contributed by atoms with Crippen molar-refractivity contribution in [3.63, 3.8) is 0 Å². The maximum Gasteiger partial charge on any atom is 0.346 e. The Hall–Kier alpha value is -1.64. The first-order valence-electron chi connectivity index (χ1n) is 5.90. The fourth-order valence-electron chi connectivity index (χ4n) is 1.88. The van der Waals surface area contributed by atoms with Crippen molar-refractivity contribution in [1.82, 2.24) is 0 Å². The van der Waals surface area contributed by atoms with Gasteiger partial charge in [0.2, 0.25) is 9.84 Å². The van der Waals surface area contributed by atoms with Crippen molar-refractivity contribution in [1.29, 1.82) is 0 Å². The summed E-state index contributed by atoms with van der Waals surface area (Å²) < 4.78 is 25.6. The lowest BCUT2D eigenvalue weighted by atomic mass is 10.2. The lowest BCUT2D eigenvalue weighted by molar-refractivity contribution is 0.589. The highest BCUT2D eigenvalue weighted by Gasteiger charge is 2.32. The molecule has 0 N–H and O–H groups in total. The molecule has 0 bridgehead atoms. The van der Waals surface area contributed by atoms with Crippen LogP contribution in [0.15, 0.2) is 59.1 Å². The Bertz CT molecular complexity index is 719. The summed E-state index contributed by atoms with van der Waals surface area (Å²) in [5.41, 5.74) is 1.19. The second-order valence-electron chi connectivity index (χ2n) is 4.33. The lowest BCUT2D eigenvalue weighted by Gasteiger charge is -2.08. The SMILES string of the molecule is [C-]#[N+]C(c1ccc(Br)cc1)S(=O)(=O)Cc1ccccc1. The van der Waals surface area contributed by atoms with E-state index in [1.54, 1.807) is 48.5 Å². The Balaban J connectivity index is 2.31. The molecular formula is C15H12BrNO2S. The molecule has 0 spiro atoms.